The summed E-state index contributed by atoms with van der Waals surface area (Å²) in [6.07, 6.45) is 4.93. The van der Waals surface area contributed by atoms with Gasteiger partial charge < -0.3 is 25.0 Å². The van der Waals surface area contributed by atoms with Crippen molar-refractivity contribution in [3.05, 3.63) is 72.6 Å². The molecule has 1 amide bonds. The lowest BCUT2D eigenvalue weighted by atomic mass is 9.99. The van der Waals surface area contributed by atoms with Crippen LogP contribution in [0, 0.1) is 0 Å². The maximum atomic E-state index is 12.8. The molecule has 3 N–H and O–H groups in total. The maximum Gasteiger partial charge on any atom is 0.255 e. The molecule has 1 aliphatic carbocycles. The van der Waals surface area contributed by atoms with E-state index in [1.807, 2.05) is 48.7 Å². The first-order chi connectivity index (χ1) is 17.0. The molecule has 1 saturated carbocycles. The Bertz CT molecular complexity index is 1350. The zero-order chi connectivity index (χ0) is 24.4. The fourth-order valence-electron chi connectivity index (χ4n) is 4.32. The molecule has 1 fully saturated rings. The van der Waals surface area contributed by atoms with Crippen molar-refractivity contribution in [3.8, 4) is 28.0 Å². The number of hydrogen-bond donors (Lipinski definition) is 3. The van der Waals surface area contributed by atoms with Crippen LogP contribution in [0.3, 0.4) is 0 Å². The number of aliphatic hydroxyl groups is 1. The number of nitrogens with one attached hydrogen (secondary N) is 2. The van der Waals surface area contributed by atoms with Gasteiger partial charge in [0, 0.05) is 60.6 Å². The van der Waals surface area contributed by atoms with Gasteiger partial charge in [-0.05, 0) is 42.2 Å². The molecule has 1 aliphatic rings. The number of benzene rings is 2. The maximum absolute atomic E-state index is 12.8. The topological polar surface area (TPSA) is 90.5 Å². The van der Waals surface area contributed by atoms with Gasteiger partial charge in [0.2, 0.25) is 0 Å². The molecule has 0 spiro atoms. The summed E-state index contributed by atoms with van der Waals surface area (Å²) in [5.41, 5.74) is 5.11. The highest BCUT2D eigenvalue weighted by molar-refractivity contribution is 5.97. The highest BCUT2D eigenvalue weighted by Gasteiger charge is 2.23. The third kappa shape index (κ3) is 4.92. The standard InChI is InChI=1S/C28H30N4O3/c1-32(13-12-29-21-10-11-21)28(34)26(33)19-7-5-6-18(14-19)20-15-23-24(17-31-27(23)30-16-20)22-8-3-4-9-25(22)35-2/h3-9,14-17,21,26,29,33H,10-13H2,1-2H3,(H,30,31). The van der Waals surface area contributed by atoms with E-state index in [1.165, 1.54) is 12.8 Å². The number of likely N-dealkylation sites (N-methyl/N-ethyl adjacent to an activating group) is 1. The van der Waals surface area contributed by atoms with E-state index in [-0.39, 0.29) is 5.91 Å². The van der Waals surface area contributed by atoms with Crippen LogP contribution in [0.1, 0.15) is 24.5 Å². The number of aromatic nitrogens is 2. The number of carbonyl (C=O) groups is 1. The molecule has 0 saturated heterocycles. The number of ether oxygens (including phenoxy) is 1. The molecule has 0 bridgehead atoms. The average Bonchev–Trinajstić information content (AvgIpc) is 3.63. The summed E-state index contributed by atoms with van der Waals surface area (Å²) in [5.74, 6) is 0.483. The van der Waals surface area contributed by atoms with E-state index in [9.17, 15) is 9.90 Å². The summed E-state index contributed by atoms with van der Waals surface area (Å²) >= 11 is 0. The Balaban J connectivity index is 1.40. The van der Waals surface area contributed by atoms with E-state index >= 15 is 0 Å². The lowest BCUT2D eigenvalue weighted by molar-refractivity contribution is -0.139. The van der Waals surface area contributed by atoms with E-state index in [1.54, 1.807) is 31.3 Å². The van der Waals surface area contributed by atoms with Crippen LogP contribution in [-0.4, -0.2) is 59.2 Å². The van der Waals surface area contributed by atoms with Crippen LogP contribution in [-0.2, 0) is 4.79 Å². The van der Waals surface area contributed by atoms with Crippen LogP contribution >= 0.6 is 0 Å². The van der Waals surface area contributed by atoms with Gasteiger partial charge in [0.1, 0.15) is 11.4 Å². The Morgan fingerprint density at radius 1 is 1.17 bits per heavy atom. The predicted octanol–water partition coefficient (Wildman–Crippen LogP) is 4.15. The summed E-state index contributed by atoms with van der Waals surface area (Å²) < 4.78 is 5.55. The molecule has 7 heteroatoms. The highest BCUT2D eigenvalue weighted by atomic mass is 16.5. The fraction of sp³-hybridized carbons (Fsp3) is 0.286. The van der Waals surface area contributed by atoms with Gasteiger partial charge in [-0.3, -0.25) is 4.79 Å². The first kappa shape index (κ1) is 23.1. The SMILES string of the molecule is COc1ccccc1-c1c[nH]c2ncc(-c3cccc(C(O)C(=O)N(C)CCNC4CC4)c3)cc12. The molecule has 1 unspecified atom stereocenters. The average molecular weight is 471 g/mol. The molecule has 0 aliphatic heterocycles. The monoisotopic (exact) mass is 470 g/mol. The number of carbonyl (C=O) groups excluding carboxylic acids is 1. The van der Waals surface area contributed by atoms with Crippen LogP contribution < -0.4 is 10.1 Å². The van der Waals surface area contributed by atoms with Gasteiger partial charge in [0.05, 0.1) is 7.11 Å². The van der Waals surface area contributed by atoms with E-state index in [2.05, 4.69) is 21.4 Å². The largest absolute Gasteiger partial charge is 0.496 e. The number of fused-ring (bicyclic) bond motifs is 1. The number of nitrogens with zero attached hydrogens (tertiary/aromatic N) is 2. The molecule has 5 rings (SSSR count). The third-order valence-electron chi connectivity index (χ3n) is 6.53. The predicted molar refractivity (Wildman–Crippen MR) is 137 cm³/mol. The number of H-pyrrole nitrogens is 1. The smallest absolute Gasteiger partial charge is 0.255 e. The zero-order valence-electron chi connectivity index (χ0n) is 20.0. The molecular formula is C28H30N4O3. The van der Waals surface area contributed by atoms with Crippen LogP contribution in [0.4, 0.5) is 0 Å². The second-order valence-electron chi connectivity index (χ2n) is 9.04. The van der Waals surface area contributed by atoms with Crippen LogP contribution in [0.5, 0.6) is 5.75 Å². The first-order valence-corrected chi connectivity index (χ1v) is 11.9. The number of pyridine rings is 1. The van der Waals surface area contributed by atoms with Gasteiger partial charge in [0.15, 0.2) is 6.10 Å². The quantitative estimate of drug-likeness (QED) is 0.342. The van der Waals surface area contributed by atoms with Crippen LogP contribution in [0.25, 0.3) is 33.3 Å². The molecule has 1 atom stereocenters. The number of hydrogen-bond acceptors (Lipinski definition) is 5. The molecule has 4 aromatic rings. The lowest BCUT2D eigenvalue weighted by Crippen LogP contribution is -2.37. The molecule has 7 nitrogen and oxygen atoms in total. The van der Waals surface area contributed by atoms with Gasteiger partial charge >= 0.3 is 0 Å². The highest BCUT2D eigenvalue weighted by Crippen LogP contribution is 2.36. The van der Waals surface area contributed by atoms with Crippen molar-refractivity contribution in [2.45, 2.75) is 25.0 Å². The van der Waals surface area contributed by atoms with Crippen LogP contribution in [0.2, 0.25) is 0 Å². The van der Waals surface area contributed by atoms with E-state index in [4.69, 9.17) is 4.74 Å². The second kappa shape index (κ2) is 9.90. The second-order valence-corrected chi connectivity index (χ2v) is 9.04. The Morgan fingerprint density at radius 3 is 2.80 bits per heavy atom. The summed E-state index contributed by atoms with van der Waals surface area (Å²) in [6.45, 7) is 1.29. The number of methoxy groups -OCH3 is 1. The Morgan fingerprint density at radius 2 is 2.00 bits per heavy atom. The minimum atomic E-state index is -1.21. The van der Waals surface area contributed by atoms with Crippen LogP contribution in [0.15, 0.2) is 67.0 Å². The molecular weight excluding hydrogens is 440 g/mol. The van der Waals surface area contributed by atoms with E-state index < -0.39 is 6.10 Å². The summed E-state index contributed by atoms with van der Waals surface area (Å²) in [5, 5.41) is 15.2. The Kier molecular flexibility index (Phi) is 6.53. The first-order valence-electron chi connectivity index (χ1n) is 11.9. The van der Waals surface area contributed by atoms with Crippen molar-refractivity contribution in [1.29, 1.82) is 0 Å². The number of rotatable bonds is 9. The molecule has 180 valence electrons. The van der Waals surface area contributed by atoms with Crippen molar-refractivity contribution in [1.82, 2.24) is 20.2 Å². The van der Waals surface area contributed by atoms with Gasteiger partial charge in [-0.2, -0.15) is 0 Å². The minimum absolute atomic E-state index is 0.308. The normalized spacial score (nSPS) is 14.1. The molecule has 2 aromatic carbocycles. The fourth-order valence-corrected chi connectivity index (χ4v) is 4.32. The van der Waals surface area contributed by atoms with Crippen molar-refractivity contribution in [3.63, 3.8) is 0 Å². The van der Waals surface area contributed by atoms with Gasteiger partial charge in [-0.1, -0.05) is 36.4 Å². The van der Waals surface area contributed by atoms with Gasteiger partial charge in [-0.15, -0.1) is 0 Å². The number of aromatic amines is 1. The number of amides is 1. The van der Waals surface area contributed by atoms with Crippen molar-refractivity contribution < 1.29 is 14.6 Å². The Hall–Kier alpha value is -3.68. The molecule has 0 radical (unpaired) electrons. The van der Waals surface area contributed by atoms with Crippen molar-refractivity contribution >= 4 is 16.9 Å². The minimum Gasteiger partial charge on any atom is -0.496 e. The molecule has 2 aromatic heterocycles. The van der Waals surface area contributed by atoms with Gasteiger partial charge in [0.25, 0.3) is 5.91 Å². The summed E-state index contributed by atoms with van der Waals surface area (Å²) in [7, 11) is 3.39. The van der Waals surface area contributed by atoms with Gasteiger partial charge in [-0.25, -0.2) is 4.98 Å². The van der Waals surface area contributed by atoms with E-state index in [0.29, 0.717) is 18.2 Å². The van der Waals surface area contributed by atoms with Crippen molar-refractivity contribution in [2.24, 2.45) is 0 Å². The molecule has 2 heterocycles. The lowest BCUT2D eigenvalue weighted by Gasteiger charge is -2.21. The zero-order valence-corrected chi connectivity index (χ0v) is 20.0. The summed E-state index contributed by atoms with van der Waals surface area (Å²) in [4.78, 5) is 22.2. The summed E-state index contributed by atoms with van der Waals surface area (Å²) in [6, 6.07) is 18.0. The Labute approximate surface area is 204 Å². The van der Waals surface area contributed by atoms with Crippen molar-refractivity contribution in [2.75, 3.05) is 27.2 Å². The van der Waals surface area contributed by atoms with E-state index in [0.717, 1.165) is 45.6 Å². The third-order valence-corrected chi connectivity index (χ3v) is 6.53. The molecule has 35 heavy (non-hydrogen) atoms. The number of aliphatic hydroxyl groups excluding tert-OH is 1. The number of para-hydroxylation sites is 1.